The Morgan fingerprint density at radius 2 is 1.73 bits per heavy atom. The monoisotopic (exact) mass is 493 g/mol. The molecule has 1 amide bonds. The molecule has 178 valence electrons. The summed E-state index contributed by atoms with van der Waals surface area (Å²) in [5, 5.41) is 3.08. The fourth-order valence-corrected chi connectivity index (χ4v) is 5.85. The first kappa shape index (κ1) is 24.1. The molecule has 1 aliphatic carbocycles. The standard InChI is InChI=1S/C24H29ClFN3O3S/c25-22-12-11-21(33(31,32)29-13-3-1-2-4-14-29)15-23(22)27-24(30)17-28(20-9-10-20)16-18-5-7-19(26)8-6-18/h5-8,11-12,15,20H,1-4,9-10,13-14,16-17H2,(H,27,30). The normalized spacial score (nSPS) is 17.7. The number of hydrogen-bond donors (Lipinski definition) is 1. The van der Waals surface area contributed by atoms with Crippen molar-refractivity contribution in [2.45, 2.75) is 56.0 Å². The van der Waals surface area contributed by atoms with E-state index in [1.165, 1.54) is 34.6 Å². The molecular formula is C24H29ClFN3O3S. The summed E-state index contributed by atoms with van der Waals surface area (Å²) in [7, 11) is -3.65. The molecule has 2 aromatic rings. The number of hydrogen-bond acceptors (Lipinski definition) is 4. The molecule has 4 rings (SSSR count). The highest BCUT2D eigenvalue weighted by Crippen LogP contribution is 2.30. The van der Waals surface area contributed by atoms with Crippen LogP contribution in [0.2, 0.25) is 5.02 Å². The molecule has 33 heavy (non-hydrogen) atoms. The molecule has 0 aromatic heterocycles. The second kappa shape index (κ2) is 10.5. The summed E-state index contributed by atoms with van der Waals surface area (Å²) in [4.78, 5) is 15.0. The third-order valence-electron chi connectivity index (χ3n) is 6.12. The Labute approximate surface area is 199 Å². The number of sulfonamides is 1. The van der Waals surface area contributed by atoms with Crippen LogP contribution in [0.25, 0.3) is 0 Å². The van der Waals surface area contributed by atoms with Gasteiger partial charge in [0.1, 0.15) is 5.82 Å². The average molecular weight is 494 g/mol. The van der Waals surface area contributed by atoms with Crippen molar-refractivity contribution in [1.29, 1.82) is 0 Å². The van der Waals surface area contributed by atoms with Gasteiger partial charge in [0.2, 0.25) is 15.9 Å². The molecule has 2 fully saturated rings. The Bertz CT molecular complexity index is 1080. The Kier molecular flexibility index (Phi) is 7.69. The van der Waals surface area contributed by atoms with Crippen molar-refractivity contribution in [3.63, 3.8) is 0 Å². The van der Waals surface area contributed by atoms with Gasteiger partial charge in [-0.05, 0) is 61.6 Å². The lowest BCUT2D eigenvalue weighted by Gasteiger charge is -2.22. The number of anilines is 1. The van der Waals surface area contributed by atoms with E-state index in [-0.39, 0.29) is 33.9 Å². The van der Waals surface area contributed by atoms with Gasteiger partial charge in [0.25, 0.3) is 0 Å². The van der Waals surface area contributed by atoms with Crippen LogP contribution in [0.15, 0.2) is 47.4 Å². The molecule has 1 heterocycles. The number of rotatable bonds is 8. The topological polar surface area (TPSA) is 69.7 Å². The predicted octanol–water partition coefficient (Wildman–Crippen LogP) is 4.65. The zero-order valence-corrected chi connectivity index (χ0v) is 20.0. The molecule has 0 spiro atoms. The summed E-state index contributed by atoms with van der Waals surface area (Å²) in [5.74, 6) is -0.561. The Balaban J connectivity index is 1.45. The van der Waals surface area contributed by atoms with Gasteiger partial charge in [0.05, 0.1) is 22.2 Å². The zero-order valence-electron chi connectivity index (χ0n) is 18.5. The first-order valence-electron chi connectivity index (χ1n) is 11.4. The molecule has 1 aliphatic heterocycles. The molecule has 9 heteroatoms. The number of halogens is 2. The van der Waals surface area contributed by atoms with Crippen LogP contribution < -0.4 is 5.32 Å². The van der Waals surface area contributed by atoms with Crippen LogP contribution in [-0.4, -0.2) is 49.2 Å². The van der Waals surface area contributed by atoms with Gasteiger partial charge < -0.3 is 5.32 Å². The lowest BCUT2D eigenvalue weighted by molar-refractivity contribution is -0.117. The van der Waals surface area contributed by atoms with Crippen molar-refractivity contribution in [3.05, 3.63) is 58.9 Å². The van der Waals surface area contributed by atoms with Crippen LogP contribution >= 0.6 is 11.6 Å². The zero-order chi connectivity index (χ0) is 23.4. The third-order valence-corrected chi connectivity index (χ3v) is 8.35. The number of benzene rings is 2. The highest BCUT2D eigenvalue weighted by atomic mass is 35.5. The summed E-state index contributed by atoms with van der Waals surface area (Å²) in [5.41, 5.74) is 1.22. The maximum atomic E-state index is 13.2. The van der Waals surface area contributed by atoms with Gasteiger partial charge in [0.15, 0.2) is 0 Å². The van der Waals surface area contributed by atoms with Crippen LogP contribution in [-0.2, 0) is 21.4 Å². The molecule has 2 aromatic carbocycles. The largest absolute Gasteiger partial charge is 0.324 e. The predicted molar refractivity (Wildman–Crippen MR) is 127 cm³/mol. The highest BCUT2D eigenvalue weighted by Gasteiger charge is 2.31. The van der Waals surface area contributed by atoms with Crippen LogP contribution in [0.5, 0.6) is 0 Å². The molecule has 1 N–H and O–H groups in total. The first-order chi connectivity index (χ1) is 15.8. The van der Waals surface area contributed by atoms with Crippen LogP contribution in [0.3, 0.4) is 0 Å². The summed E-state index contributed by atoms with van der Waals surface area (Å²) in [6.45, 7) is 1.69. The average Bonchev–Trinajstić information content (AvgIpc) is 3.63. The summed E-state index contributed by atoms with van der Waals surface area (Å²) in [6, 6.07) is 11.0. The Morgan fingerprint density at radius 1 is 1.06 bits per heavy atom. The second-order valence-corrected chi connectivity index (χ2v) is 11.1. The van der Waals surface area contributed by atoms with Crippen molar-refractivity contribution in [2.24, 2.45) is 0 Å². The van der Waals surface area contributed by atoms with Crippen LogP contribution in [0.1, 0.15) is 44.1 Å². The lowest BCUT2D eigenvalue weighted by atomic mass is 10.2. The van der Waals surface area contributed by atoms with Crippen molar-refractivity contribution in [3.8, 4) is 0 Å². The van der Waals surface area contributed by atoms with E-state index in [4.69, 9.17) is 11.6 Å². The van der Waals surface area contributed by atoms with Crippen LogP contribution in [0, 0.1) is 5.82 Å². The quantitative estimate of drug-likeness (QED) is 0.581. The number of nitrogens with one attached hydrogen (secondary N) is 1. The molecule has 6 nitrogen and oxygen atoms in total. The number of carbonyl (C=O) groups excluding carboxylic acids is 1. The molecule has 0 bridgehead atoms. The SMILES string of the molecule is O=C(CN(Cc1ccc(F)cc1)C1CC1)Nc1cc(S(=O)(=O)N2CCCCCC2)ccc1Cl. The molecule has 1 saturated heterocycles. The smallest absolute Gasteiger partial charge is 0.243 e. The van der Waals surface area contributed by atoms with Gasteiger partial charge in [-0.2, -0.15) is 4.31 Å². The van der Waals surface area contributed by atoms with Gasteiger partial charge in [-0.1, -0.05) is 36.6 Å². The number of amides is 1. The minimum atomic E-state index is -3.65. The molecular weight excluding hydrogens is 465 g/mol. The van der Waals surface area contributed by atoms with Crippen LogP contribution in [0.4, 0.5) is 10.1 Å². The fourth-order valence-electron chi connectivity index (χ4n) is 4.14. The van der Waals surface area contributed by atoms with Gasteiger partial charge in [0, 0.05) is 25.7 Å². The Morgan fingerprint density at radius 3 is 2.36 bits per heavy atom. The second-order valence-electron chi connectivity index (χ2n) is 8.77. The third kappa shape index (κ3) is 6.32. The van der Waals surface area contributed by atoms with E-state index in [1.54, 1.807) is 12.1 Å². The fraction of sp³-hybridized carbons (Fsp3) is 0.458. The Hall–Kier alpha value is -2.00. The van der Waals surface area contributed by atoms with E-state index in [0.29, 0.717) is 25.7 Å². The van der Waals surface area contributed by atoms with Crippen molar-refractivity contribution in [1.82, 2.24) is 9.21 Å². The maximum absolute atomic E-state index is 13.2. The number of carbonyl (C=O) groups is 1. The summed E-state index contributed by atoms with van der Waals surface area (Å²) in [6.07, 6.45) is 5.78. The minimum absolute atomic E-state index is 0.134. The molecule has 2 aliphatic rings. The summed E-state index contributed by atoms with van der Waals surface area (Å²) >= 11 is 6.29. The summed E-state index contributed by atoms with van der Waals surface area (Å²) < 4.78 is 41.0. The van der Waals surface area contributed by atoms with E-state index in [9.17, 15) is 17.6 Å². The molecule has 0 atom stereocenters. The molecule has 0 unspecified atom stereocenters. The minimum Gasteiger partial charge on any atom is -0.324 e. The lowest BCUT2D eigenvalue weighted by Crippen LogP contribution is -2.34. The van der Waals surface area contributed by atoms with Crippen molar-refractivity contribution < 1.29 is 17.6 Å². The molecule has 0 radical (unpaired) electrons. The highest BCUT2D eigenvalue weighted by molar-refractivity contribution is 7.89. The first-order valence-corrected chi connectivity index (χ1v) is 13.2. The van der Waals surface area contributed by atoms with Gasteiger partial charge in [-0.3, -0.25) is 9.69 Å². The van der Waals surface area contributed by atoms with Gasteiger partial charge in [-0.25, -0.2) is 12.8 Å². The molecule has 1 saturated carbocycles. The van der Waals surface area contributed by atoms with E-state index in [2.05, 4.69) is 5.32 Å². The van der Waals surface area contributed by atoms with Gasteiger partial charge in [-0.15, -0.1) is 0 Å². The van der Waals surface area contributed by atoms with Gasteiger partial charge >= 0.3 is 0 Å². The van der Waals surface area contributed by atoms with E-state index < -0.39 is 10.0 Å². The maximum Gasteiger partial charge on any atom is 0.243 e. The van der Waals surface area contributed by atoms with Crippen molar-refractivity contribution >= 4 is 33.2 Å². The number of nitrogens with zero attached hydrogens (tertiary/aromatic N) is 2. The van der Waals surface area contributed by atoms with Crippen molar-refractivity contribution in [2.75, 3.05) is 25.0 Å². The van der Waals surface area contributed by atoms with E-state index in [1.807, 2.05) is 4.90 Å². The van der Waals surface area contributed by atoms with E-state index in [0.717, 1.165) is 44.1 Å². The van der Waals surface area contributed by atoms with E-state index >= 15 is 0 Å².